The van der Waals surface area contributed by atoms with Gasteiger partial charge in [-0.3, -0.25) is 14.4 Å². The van der Waals surface area contributed by atoms with Gasteiger partial charge < -0.3 is 9.47 Å². The molecule has 8 nitrogen and oxygen atoms in total. The van der Waals surface area contributed by atoms with Crippen molar-refractivity contribution in [2.75, 3.05) is 10.0 Å². The van der Waals surface area contributed by atoms with Crippen LogP contribution in [0.15, 0.2) is 115 Å². The molecule has 0 saturated carbocycles. The SMILES string of the molecule is CC(=O)Oc1ccccc1C(=O)Oc1ccccc1.CCCCC1C(=O)N(c2ccccc2)N(c2ccccc2)C1=O. The van der Waals surface area contributed by atoms with Gasteiger partial charge in [-0.25, -0.2) is 14.8 Å². The lowest BCUT2D eigenvalue weighted by Gasteiger charge is -2.27. The Hall–Kier alpha value is -5.24. The average molecular weight is 565 g/mol. The van der Waals surface area contributed by atoms with E-state index >= 15 is 0 Å². The number of nitrogens with zero attached hydrogens (tertiary/aromatic N) is 2. The Morgan fingerprint density at radius 3 is 1.64 bits per heavy atom. The summed E-state index contributed by atoms with van der Waals surface area (Å²) in [6.45, 7) is 3.34. The highest BCUT2D eigenvalue weighted by Crippen LogP contribution is 2.33. The third-order valence-electron chi connectivity index (χ3n) is 6.38. The quantitative estimate of drug-likeness (QED) is 0.136. The van der Waals surface area contributed by atoms with Crippen LogP contribution in [0.2, 0.25) is 0 Å². The molecule has 0 aliphatic carbocycles. The van der Waals surface area contributed by atoms with Crippen molar-refractivity contribution in [3.05, 3.63) is 121 Å². The van der Waals surface area contributed by atoms with Crippen LogP contribution in [0.4, 0.5) is 11.4 Å². The second kappa shape index (κ2) is 14.4. The van der Waals surface area contributed by atoms with Crippen LogP contribution < -0.4 is 19.5 Å². The lowest BCUT2D eigenvalue weighted by molar-refractivity contribution is -0.132. The third kappa shape index (κ3) is 7.28. The van der Waals surface area contributed by atoms with Crippen LogP contribution in [0.5, 0.6) is 11.5 Å². The molecule has 214 valence electrons. The highest BCUT2D eigenvalue weighted by atomic mass is 16.5. The number of benzene rings is 4. The molecule has 2 amide bonds. The predicted molar refractivity (Wildman–Crippen MR) is 160 cm³/mol. The Bertz CT molecular complexity index is 1450. The minimum atomic E-state index is -0.588. The lowest BCUT2D eigenvalue weighted by Crippen LogP contribution is -2.41. The molecule has 1 aliphatic rings. The molecule has 4 aromatic rings. The van der Waals surface area contributed by atoms with Crippen molar-refractivity contribution in [2.45, 2.75) is 33.1 Å². The summed E-state index contributed by atoms with van der Waals surface area (Å²) in [4.78, 5) is 48.7. The number of rotatable bonds is 8. The number of unbranched alkanes of at least 4 members (excludes halogenated alkanes) is 1. The Kier molecular flexibility index (Phi) is 10.2. The van der Waals surface area contributed by atoms with E-state index in [0.717, 1.165) is 12.8 Å². The molecule has 1 fully saturated rings. The van der Waals surface area contributed by atoms with Crippen molar-refractivity contribution >= 4 is 35.1 Å². The summed E-state index contributed by atoms with van der Waals surface area (Å²) >= 11 is 0. The summed E-state index contributed by atoms with van der Waals surface area (Å²) in [5.74, 6) is -1.29. The van der Waals surface area contributed by atoms with Crippen LogP contribution in [0.3, 0.4) is 0 Å². The maximum atomic E-state index is 12.9. The minimum Gasteiger partial charge on any atom is -0.426 e. The van der Waals surface area contributed by atoms with E-state index in [0.29, 0.717) is 23.5 Å². The van der Waals surface area contributed by atoms with E-state index in [1.165, 1.54) is 16.9 Å². The van der Waals surface area contributed by atoms with E-state index in [1.54, 1.807) is 48.5 Å². The van der Waals surface area contributed by atoms with Crippen molar-refractivity contribution in [3.8, 4) is 11.5 Å². The molecule has 5 rings (SSSR count). The maximum absolute atomic E-state index is 12.9. The van der Waals surface area contributed by atoms with Crippen LogP contribution >= 0.6 is 0 Å². The van der Waals surface area contributed by atoms with Gasteiger partial charge in [-0.1, -0.05) is 86.5 Å². The molecule has 0 N–H and O–H groups in total. The molecule has 1 aliphatic heterocycles. The Balaban J connectivity index is 0.000000197. The first kappa shape index (κ1) is 29.7. The first-order valence-corrected chi connectivity index (χ1v) is 13.7. The summed E-state index contributed by atoms with van der Waals surface area (Å²) in [5, 5.41) is 3.02. The Labute approximate surface area is 245 Å². The zero-order chi connectivity index (χ0) is 29.9. The molecule has 42 heavy (non-hydrogen) atoms. The van der Waals surface area contributed by atoms with Crippen LogP contribution in [-0.4, -0.2) is 23.8 Å². The molecule has 1 saturated heterocycles. The van der Waals surface area contributed by atoms with Gasteiger partial charge in [0.25, 0.3) is 11.8 Å². The number of carbonyl (C=O) groups is 4. The summed E-state index contributed by atoms with van der Waals surface area (Å²) in [5.41, 5.74) is 1.64. The fraction of sp³-hybridized carbons (Fsp3) is 0.176. The van der Waals surface area contributed by atoms with Crippen molar-refractivity contribution in [1.29, 1.82) is 0 Å². The van der Waals surface area contributed by atoms with Crippen LogP contribution in [0.1, 0.15) is 43.5 Å². The van der Waals surface area contributed by atoms with Gasteiger partial charge in [0.15, 0.2) is 0 Å². The van der Waals surface area contributed by atoms with Gasteiger partial charge in [-0.05, 0) is 55.0 Å². The van der Waals surface area contributed by atoms with E-state index in [4.69, 9.17) is 9.47 Å². The summed E-state index contributed by atoms with van der Waals surface area (Å²) < 4.78 is 10.2. The van der Waals surface area contributed by atoms with Gasteiger partial charge in [0.1, 0.15) is 23.0 Å². The van der Waals surface area contributed by atoms with Crippen molar-refractivity contribution < 1.29 is 28.7 Å². The number of ether oxygens (including phenoxy) is 2. The second-order valence-electron chi connectivity index (χ2n) is 9.46. The average Bonchev–Trinajstić information content (AvgIpc) is 3.26. The van der Waals surface area contributed by atoms with Crippen molar-refractivity contribution in [3.63, 3.8) is 0 Å². The van der Waals surface area contributed by atoms with Crippen molar-refractivity contribution in [2.24, 2.45) is 5.92 Å². The fourth-order valence-corrected chi connectivity index (χ4v) is 4.41. The van der Waals surface area contributed by atoms with Gasteiger partial charge in [0.05, 0.1) is 11.4 Å². The van der Waals surface area contributed by atoms with Gasteiger partial charge >= 0.3 is 11.9 Å². The molecule has 1 heterocycles. The molecule has 0 spiro atoms. The maximum Gasteiger partial charge on any atom is 0.347 e. The molecule has 0 unspecified atom stereocenters. The minimum absolute atomic E-state index is 0.140. The van der Waals surface area contributed by atoms with Crippen LogP contribution in [-0.2, 0) is 14.4 Å². The zero-order valence-corrected chi connectivity index (χ0v) is 23.5. The monoisotopic (exact) mass is 564 g/mol. The molecule has 8 heteroatoms. The zero-order valence-electron chi connectivity index (χ0n) is 23.5. The topological polar surface area (TPSA) is 93.2 Å². The number of hydrogen-bond acceptors (Lipinski definition) is 6. The number of anilines is 2. The van der Waals surface area contributed by atoms with E-state index in [1.807, 2.05) is 66.7 Å². The Morgan fingerprint density at radius 2 is 1.14 bits per heavy atom. The number of hydrogen-bond donors (Lipinski definition) is 0. The van der Waals surface area contributed by atoms with E-state index in [9.17, 15) is 19.2 Å². The first-order valence-electron chi connectivity index (χ1n) is 13.7. The van der Waals surface area contributed by atoms with Crippen LogP contribution in [0.25, 0.3) is 0 Å². The highest BCUT2D eigenvalue weighted by Gasteiger charge is 2.46. The van der Waals surface area contributed by atoms with Crippen LogP contribution in [0, 0.1) is 5.92 Å². The summed E-state index contributed by atoms with van der Waals surface area (Å²) in [6.07, 6.45) is 2.43. The largest absolute Gasteiger partial charge is 0.426 e. The number of hydrazine groups is 1. The number of amides is 2. The molecule has 4 aromatic carbocycles. The van der Waals surface area contributed by atoms with Gasteiger partial charge in [0, 0.05) is 6.92 Å². The first-order chi connectivity index (χ1) is 20.4. The highest BCUT2D eigenvalue weighted by molar-refractivity contribution is 6.23. The smallest absolute Gasteiger partial charge is 0.347 e. The second-order valence-corrected chi connectivity index (χ2v) is 9.46. The lowest BCUT2D eigenvalue weighted by atomic mass is 10.0. The van der Waals surface area contributed by atoms with E-state index in [2.05, 4.69) is 6.92 Å². The molecular weight excluding hydrogens is 532 g/mol. The van der Waals surface area contributed by atoms with E-state index < -0.39 is 17.9 Å². The molecule has 0 bridgehead atoms. The van der Waals surface area contributed by atoms with Gasteiger partial charge in [0.2, 0.25) is 0 Å². The predicted octanol–water partition coefficient (Wildman–Crippen LogP) is 6.62. The fourth-order valence-electron chi connectivity index (χ4n) is 4.41. The Morgan fingerprint density at radius 1 is 0.667 bits per heavy atom. The summed E-state index contributed by atoms with van der Waals surface area (Å²) in [7, 11) is 0. The van der Waals surface area contributed by atoms with Gasteiger partial charge in [-0.2, -0.15) is 0 Å². The molecule has 0 atom stereocenters. The third-order valence-corrected chi connectivity index (χ3v) is 6.38. The van der Waals surface area contributed by atoms with Crippen molar-refractivity contribution in [1.82, 2.24) is 0 Å². The van der Waals surface area contributed by atoms with Gasteiger partial charge in [-0.15, -0.1) is 0 Å². The number of carbonyl (C=O) groups excluding carboxylic acids is 4. The van der Waals surface area contributed by atoms with E-state index in [-0.39, 0.29) is 23.1 Å². The normalized spacial score (nSPS) is 12.9. The molecule has 0 aromatic heterocycles. The molecule has 0 radical (unpaired) electrons. The summed E-state index contributed by atoms with van der Waals surface area (Å²) in [6, 6.07) is 33.8. The number of para-hydroxylation sites is 4. The number of esters is 2. The standard InChI is InChI=1S/C19H20N2O2.C15H12O4/c1-2-3-14-17-18(22)20(15-10-6-4-7-11-15)21(19(17)23)16-12-8-5-9-13-16;1-11(16)18-14-10-6-5-9-13(14)15(17)19-12-7-3-2-4-8-12/h4-13,17H,2-3,14H2,1H3;2-10H,1H3. The molecular formula is C34H32N2O6.